The van der Waals surface area contributed by atoms with Crippen LogP contribution < -0.4 is 5.32 Å². The lowest BCUT2D eigenvalue weighted by molar-refractivity contribution is -0.384. The van der Waals surface area contributed by atoms with Crippen molar-refractivity contribution in [1.82, 2.24) is 19.5 Å². The maximum atomic E-state index is 11.1. The van der Waals surface area contributed by atoms with Crippen LogP contribution in [0.2, 0.25) is 0 Å². The second-order valence-electron chi connectivity index (χ2n) is 3.69. The zero-order valence-corrected chi connectivity index (χ0v) is 10.2. The fourth-order valence-corrected chi connectivity index (χ4v) is 1.61. The highest BCUT2D eigenvalue weighted by molar-refractivity contribution is 5.64. The number of hydrogen-bond donors (Lipinski definition) is 1. The van der Waals surface area contributed by atoms with Crippen molar-refractivity contribution in [2.45, 2.75) is 13.8 Å². The quantitative estimate of drug-likeness (QED) is 0.647. The Hall–Kier alpha value is -2.51. The Balaban J connectivity index is 2.71. The number of aryl methyl sites for hydroxylation is 1. The van der Waals surface area contributed by atoms with Crippen LogP contribution >= 0.6 is 0 Å². The molecule has 0 bridgehead atoms. The maximum absolute atomic E-state index is 11.1. The van der Waals surface area contributed by atoms with Gasteiger partial charge >= 0.3 is 5.69 Å². The van der Waals surface area contributed by atoms with E-state index in [0.717, 1.165) is 11.4 Å². The van der Waals surface area contributed by atoms with Gasteiger partial charge in [-0.1, -0.05) is 0 Å². The van der Waals surface area contributed by atoms with E-state index in [-0.39, 0.29) is 17.3 Å². The number of aromatic nitrogens is 4. The molecule has 2 aromatic heterocycles. The number of nitrogens with zero attached hydrogens (tertiary/aromatic N) is 5. The van der Waals surface area contributed by atoms with E-state index in [0.29, 0.717) is 0 Å². The number of imidazole rings is 1. The first-order valence-corrected chi connectivity index (χ1v) is 5.24. The molecular formula is C10H12N6O2. The molecule has 0 radical (unpaired) electrons. The van der Waals surface area contributed by atoms with Gasteiger partial charge in [0.2, 0.25) is 11.6 Å². The van der Waals surface area contributed by atoms with Gasteiger partial charge in [-0.15, -0.1) is 0 Å². The van der Waals surface area contributed by atoms with Gasteiger partial charge in [-0.2, -0.15) is 0 Å². The van der Waals surface area contributed by atoms with Crippen molar-refractivity contribution in [2.75, 3.05) is 12.4 Å². The Morgan fingerprint density at radius 1 is 1.33 bits per heavy atom. The molecule has 0 amide bonds. The molecule has 0 fully saturated rings. The van der Waals surface area contributed by atoms with E-state index in [1.807, 2.05) is 13.8 Å². The summed E-state index contributed by atoms with van der Waals surface area (Å²) in [5.41, 5.74) is 1.44. The molecule has 8 nitrogen and oxygen atoms in total. The van der Waals surface area contributed by atoms with Crippen molar-refractivity contribution in [3.8, 4) is 5.82 Å². The summed E-state index contributed by atoms with van der Waals surface area (Å²) in [6.07, 6.45) is 2.79. The van der Waals surface area contributed by atoms with Crippen molar-refractivity contribution in [3.63, 3.8) is 0 Å². The van der Waals surface area contributed by atoms with Crippen molar-refractivity contribution >= 4 is 11.5 Å². The molecule has 2 aromatic rings. The lowest BCUT2D eigenvalue weighted by Gasteiger charge is -2.07. The van der Waals surface area contributed by atoms with Crippen molar-refractivity contribution in [1.29, 1.82) is 0 Å². The minimum Gasteiger partial charge on any atom is -0.367 e. The van der Waals surface area contributed by atoms with Crippen LogP contribution in [0.4, 0.5) is 11.5 Å². The fraction of sp³-hybridized carbons (Fsp3) is 0.300. The summed E-state index contributed by atoms with van der Waals surface area (Å²) in [6.45, 7) is 3.66. The van der Waals surface area contributed by atoms with Crippen LogP contribution in [0.3, 0.4) is 0 Å². The molecule has 0 atom stereocenters. The lowest BCUT2D eigenvalue weighted by Crippen LogP contribution is -2.08. The number of nitrogens with one attached hydrogen (secondary N) is 1. The van der Waals surface area contributed by atoms with E-state index in [9.17, 15) is 10.1 Å². The van der Waals surface area contributed by atoms with E-state index < -0.39 is 4.92 Å². The van der Waals surface area contributed by atoms with Crippen LogP contribution in [0.25, 0.3) is 5.82 Å². The molecule has 2 heterocycles. The minimum atomic E-state index is -0.504. The molecule has 94 valence electrons. The van der Waals surface area contributed by atoms with Crippen molar-refractivity contribution in [3.05, 3.63) is 34.2 Å². The van der Waals surface area contributed by atoms with Gasteiger partial charge < -0.3 is 5.32 Å². The van der Waals surface area contributed by atoms with E-state index in [1.54, 1.807) is 11.6 Å². The minimum absolute atomic E-state index is 0.166. The van der Waals surface area contributed by atoms with Gasteiger partial charge in [0.05, 0.1) is 10.6 Å². The highest BCUT2D eigenvalue weighted by atomic mass is 16.6. The van der Waals surface area contributed by atoms with Crippen LogP contribution in [0.15, 0.2) is 12.7 Å². The number of nitro groups is 1. The van der Waals surface area contributed by atoms with Gasteiger partial charge in [0.25, 0.3) is 0 Å². The third-order valence-electron chi connectivity index (χ3n) is 2.70. The van der Waals surface area contributed by atoms with E-state index in [4.69, 9.17) is 0 Å². The molecule has 0 saturated heterocycles. The SMILES string of the molecule is CNc1ncnc(-n2cnc(C)c2C)c1[N+](=O)[O-]. The highest BCUT2D eigenvalue weighted by Gasteiger charge is 2.24. The van der Waals surface area contributed by atoms with Crippen LogP contribution in [0.5, 0.6) is 0 Å². The molecule has 8 heteroatoms. The summed E-state index contributed by atoms with van der Waals surface area (Å²) in [6, 6.07) is 0. The average Bonchev–Trinajstić information content (AvgIpc) is 2.69. The third kappa shape index (κ3) is 1.77. The summed E-state index contributed by atoms with van der Waals surface area (Å²) in [5, 5.41) is 13.8. The smallest absolute Gasteiger partial charge is 0.354 e. The molecule has 0 aromatic carbocycles. The Labute approximate surface area is 103 Å². The largest absolute Gasteiger partial charge is 0.367 e. The summed E-state index contributed by atoms with van der Waals surface area (Å²) < 4.78 is 1.58. The monoisotopic (exact) mass is 248 g/mol. The first kappa shape index (κ1) is 12.0. The Morgan fingerprint density at radius 3 is 2.56 bits per heavy atom. The van der Waals surface area contributed by atoms with Gasteiger partial charge in [-0.3, -0.25) is 14.7 Å². The predicted octanol–water partition coefficient (Wildman–Crippen LogP) is 1.23. The van der Waals surface area contributed by atoms with E-state index in [2.05, 4.69) is 20.3 Å². The zero-order valence-electron chi connectivity index (χ0n) is 10.2. The van der Waals surface area contributed by atoms with Gasteiger partial charge in [0.1, 0.15) is 12.7 Å². The van der Waals surface area contributed by atoms with Gasteiger partial charge in [0.15, 0.2) is 0 Å². The number of anilines is 1. The second-order valence-corrected chi connectivity index (χ2v) is 3.69. The molecule has 1 N–H and O–H groups in total. The van der Waals surface area contributed by atoms with Gasteiger partial charge in [0, 0.05) is 12.7 Å². The molecule has 0 saturated carbocycles. The molecule has 0 aliphatic carbocycles. The van der Waals surface area contributed by atoms with E-state index in [1.165, 1.54) is 12.7 Å². The third-order valence-corrected chi connectivity index (χ3v) is 2.70. The molecule has 2 rings (SSSR count). The summed E-state index contributed by atoms with van der Waals surface area (Å²) in [5.74, 6) is 0.383. The first-order chi connectivity index (χ1) is 8.56. The Bertz CT molecular complexity index is 606. The average molecular weight is 248 g/mol. The molecule has 0 unspecified atom stereocenters. The summed E-state index contributed by atoms with van der Waals surface area (Å²) >= 11 is 0. The van der Waals surface area contributed by atoms with Crippen LogP contribution in [0, 0.1) is 24.0 Å². The first-order valence-electron chi connectivity index (χ1n) is 5.24. The highest BCUT2D eigenvalue weighted by Crippen LogP contribution is 2.28. The molecule has 18 heavy (non-hydrogen) atoms. The molecule has 0 spiro atoms. The molecular weight excluding hydrogens is 236 g/mol. The molecule has 0 aliphatic heterocycles. The van der Waals surface area contributed by atoms with Crippen LogP contribution in [0.1, 0.15) is 11.4 Å². The summed E-state index contributed by atoms with van der Waals surface area (Å²) in [4.78, 5) is 22.6. The van der Waals surface area contributed by atoms with E-state index >= 15 is 0 Å². The standard InChI is InChI=1S/C10H12N6O2/c1-6-7(2)15(5-14-6)10-8(16(17)18)9(11-3)12-4-13-10/h4-5H,1-3H3,(H,11,12,13). The van der Waals surface area contributed by atoms with Gasteiger partial charge in [-0.25, -0.2) is 15.0 Å². The number of rotatable bonds is 3. The van der Waals surface area contributed by atoms with Crippen LogP contribution in [-0.2, 0) is 0 Å². The summed E-state index contributed by atoms with van der Waals surface area (Å²) in [7, 11) is 1.57. The maximum Gasteiger partial charge on any atom is 0.354 e. The van der Waals surface area contributed by atoms with Gasteiger partial charge in [-0.05, 0) is 13.8 Å². The zero-order chi connectivity index (χ0) is 13.3. The lowest BCUT2D eigenvalue weighted by atomic mass is 10.3. The fourth-order valence-electron chi connectivity index (χ4n) is 1.61. The van der Waals surface area contributed by atoms with Crippen LogP contribution in [-0.4, -0.2) is 31.5 Å². The normalized spacial score (nSPS) is 10.4. The Kier molecular flexibility index (Phi) is 2.92. The predicted molar refractivity (Wildman–Crippen MR) is 64.8 cm³/mol. The second kappa shape index (κ2) is 4.40. The number of hydrogen-bond acceptors (Lipinski definition) is 6. The molecule has 0 aliphatic rings. The van der Waals surface area contributed by atoms with Crippen molar-refractivity contribution < 1.29 is 4.92 Å². The van der Waals surface area contributed by atoms with Crippen molar-refractivity contribution in [2.24, 2.45) is 0 Å². The Morgan fingerprint density at radius 2 is 2.06 bits per heavy atom. The topological polar surface area (TPSA) is 98.8 Å².